The first kappa shape index (κ1) is 15.2. The largest absolute Gasteiger partial charge is 0.496 e. The van der Waals surface area contributed by atoms with Gasteiger partial charge in [-0.1, -0.05) is 30.0 Å². The standard InChI is InChI=1S/C17H14ClFO2/c1-20-17-7-3-2-6-14(17)12-21-16-10-13(5-4-8-18)9-15(19)11-16/h2-3,6-7,9-11H,8,12H2,1H3. The first-order valence-corrected chi connectivity index (χ1v) is 6.86. The van der Waals surface area contributed by atoms with Crippen LogP contribution in [0.15, 0.2) is 42.5 Å². The highest BCUT2D eigenvalue weighted by Gasteiger charge is 2.04. The summed E-state index contributed by atoms with van der Waals surface area (Å²) in [5, 5.41) is 0. The number of halogens is 2. The minimum atomic E-state index is -0.397. The van der Waals surface area contributed by atoms with Crippen LogP contribution < -0.4 is 9.47 Å². The van der Waals surface area contributed by atoms with Crippen LogP contribution >= 0.6 is 11.6 Å². The van der Waals surface area contributed by atoms with Crippen molar-refractivity contribution < 1.29 is 13.9 Å². The van der Waals surface area contributed by atoms with Gasteiger partial charge >= 0.3 is 0 Å². The molecule has 0 spiro atoms. The van der Waals surface area contributed by atoms with E-state index in [9.17, 15) is 4.39 Å². The van der Waals surface area contributed by atoms with Gasteiger partial charge in [0, 0.05) is 17.2 Å². The third-order valence-corrected chi connectivity index (χ3v) is 2.89. The summed E-state index contributed by atoms with van der Waals surface area (Å²) < 4.78 is 24.4. The molecule has 0 aliphatic rings. The quantitative estimate of drug-likeness (QED) is 0.628. The molecule has 0 fully saturated rings. The van der Waals surface area contributed by atoms with E-state index in [-0.39, 0.29) is 12.5 Å². The SMILES string of the molecule is COc1ccccc1COc1cc(F)cc(C#CCCl)c1. The van der Waals surface area contributed by atoms with E-state index in [1.165, 1.54) is 12.1 Å². The fourth-order valence-corrected chi connectivity index (χ4v) is 1.90. The number of benzene rings is 2. The summed E-state index contributed by atoms with van der Waals surface area (Å²) in [5.74, 6) is 6.41. The van der Waals surface area contributed by atoms with Crippen LogP contribution in [-0.4, -0.2) is 13.0 Å². The lowest BCUT2D eigenvalue weighted by Crippen LogP contribution is -1.99. The van der Waals surface area contributed by atoms with E-state index in [2.05, 4.69) is 11.8 Å². The van der Waals surface area contributed by atoms with Gasteiger partial charge in [0.25, 0.3) is 0 Å². The van der Waals surface area contributed by atoms with Crippen molar-refractivity contribution >= 4 is 11.6 Å². The Balaban J connectivity index is 2.14. The fraction of sp³-hybridized carbons (Fsp3) is 0.176. The topological polar surface area (TPSA) is 18.5 Å². The molecule has 0 N–H and O–H groups in total. The van der Waals surface area contributed by atoms with E-state index in [1.807, 2.05) is 24.3 Å². The van der Waals surface area contributed by atoms with Crippen molar-refractivity contribution in [3.63, 3.8) is 0 Å². The van der Waals surface area contributed by atoms with Crippen LogP contribution in [0.5, 0.6) is 11.5 Å². The molecule has 4 heteroatoms. The Hall–Kier alpha value is -2.18. The molecule has 0 saturated carbocycles. The van der Waals surface area contributed by atoms with Gasteiger partial charge in [-0.2, -0.15) is 0 Å². The molecule has 0 aliphatic heterocycles. The molecule has 2 aromatic carbocycles. The molecule has 0 bridgehead atoms. The van der Waals surface area contributed by atoms with Gasteiger partial charge in [0.05, 0.1) is 13.0 Å². The first-order chi connectivity index (χ1) is 10.2. The molecule has 0 aliphatic carbocycles. The van der Waals surface area contributed by atoms with Gasteiger partial charge < -0.3 is 9.47 Å². The number of para-hydroxylation sites is 1. The van der Waals surface area contributed by atoms with Crippen molar-refractivity contribution in [1.82, 2.24) is 0 Å². The molecule has 0 heterocycles. The Kier molecular flexibility index (Phi) is 5.48. The maximum atomic E-state index is 13.5. The highest BCUT2D eigenvalue weighted by molar-refractivity contribution is 6.19. The predicted octanol–water partition coefficient (Wildman–Crippen LogP) is 4.00. The summed E-state index contributed by atoms with van der Waals surface area (Å²) in [7, 11) is 1.60. The van der Waals surface area contributed by atoms with Crippen molar-refractivity contribution in [2.24, 2.45) is 0 Å². The maximum absolute atomic E-state index is 13.5. The fourth-order valence-electron chi connectivity index (χ4n) is 1.84. The predicted molar refractivity (Wildman–Crippen MR) is 81.3 cm³/mol. The summed E-state index contributed by atoms with van der Waals surface area (Å²) in [6.07, 6.45) is 0. The van der Waals surface area contributed by atoms with Gasteiger partial charge in [0.2, 0.25) is 0 Å². The smallest absolute Gasteiger partial charge is 0.128 e. The molecule has 0 atom stereocenters. The molecule has 0 unspecified atom stereocenters. The van der Waals surface area contributed by atoms with Crippen molar-refractivity contribution in [3.8, 4) is 23.3 Å². The number of ether oxygens (including phenoxy) is 2. The van der Waals surface area contributed by atoms with E-state index in [0.29, 0.717) is 11.3 Å². The average molecular weight is 305 g/mol. The monoisotopic (exact) mass is 304 g/mol. The number of alkyl halides is 1. The zero-order valence-corrected chi connectivity index (χ0v) is 12.3. The lowest BCUT2D eigenvalue weighted by Gasteiger charge is -2.10. The van der Waals surface area contributed by atoms with E-state index in [0.717, 1.165) is 11.3 Å². The van der Waals surface area contributed by atoms with Crippen molar-refractivity contribution in [2.45, 2.75) is 6.61 Å². The second-order valence-corrected chi connectivity index (χ2v) is 4.48. The lowest BCUT2D eigenvalue weighted by atomic mass is 10.2. The molecule has 2 rings (SSSR count). The van der Waals surface area contributed by atoms with E-state index in [4.69, 9.17) is 21.1 Å². The number of rotatable bonds is 4. The summed E-state index contributed by atoms with van der Waals surface area (Å²) in [4.78, 5) is 0. The average Bonchev–Trinajstić information content (AvgIpc) is 2.50. The molecule has 0 amide bonds. The molecule has 0 saturated heterocycles. The summed E-state index contributed by atoms with van der Waals surface area (Å²) in [5.41, 5.74) is 1.42. The zero-order valence-electron chi connectivity index (χ0n) is 11.5. The Labute approximate surface area is 128 Å². The molecule has 108 valence electrons. The van der Waals surface area contributed by atoms with Crippen molar-refractivity contribution in [3.05, 3.63) is 59.4 Å². The maximum Gasteiger partial charge on any atom is 0.128 e. The molecule has 21 heavy (non-hydrogen) atoms. The minimum absolute atomic E-state index is 0.202. The number of methoxy groups -OCH3 is 1. The molecular formula is C17H14ClFO2. The molecule has 0 radical (unpaired) electrons. The second-order valence-electron chi connectivity index (χ2n) is 4.21. The third kappa shape index (κ3) is 4.40. The highest BCUT2D eigenvalue weighted by Crippen LogP contribution is 2.21. The van der Waals surface area contributed by atoms with Gasteiger partial charge in [-0.05, 0) is 18.2 Å². The Morgan fingerprint density at radius 1 is 1.19 bits per heavy atom. The molecule has 0 aromatic heterocycles. The van der Waals surface area contributed by atoms with E-state index >= 15 is 0 Å². The zero-order chi connectivity index (χ0) is 15.1. The normalized spacial score (nSPS) is 9.67. The van der Waals surface area contributed by atoms with Crippen LogP contribution in [0.3, 0.4) is 0 Å². The van der Waals surface area contributed by atoms with Gasteiger partial charge in [0.15, 0.2) is 0 Å². The van der Waals surface area contributed by atoms with Crippen molar-refractivity contribution in [1.29, 1.82) is 0 Å². The number of hydrogen-bond acceptors (Lipinski definition) is 2. The molecule has 2 nitrogen and oxygen atoms in total. The Bertz CT molecular complexity index is 674. The van der Waals surface area contributed by atoms with Gasteiger partial charge in [0.1, 0.15) is 23.9 Å². The van der Waals surface area contributed by atoms with Gasteiger partial charge in [-0.3, -0.25) is 0 Å². The van der Waals surface area contributed by atoms with Gasteiger partial charge in [-0.25, -0.2) is 4.39 Å². The molecule has 2 aromatic rings. The lowest BCUT2D eigenvalue weighted by molar-refractivity contribution is 0.295. The van der Waals surface area contributed by atoms with Crippen LogP contribution in [0, 0.1) is 17.7 Å². The van der Waals surface area contributed by atoms with Crippen LogP contribution in [0.25, 0.3) is 0 Å². The Morgan fingerprint density at radius 2 is 2.00 bits per heavy atom. The minimum Gasteiger partial charge on any atom is -0.496 e. The second kappa shape index (κ2) is 7.56. The van der Waals surface area contributed by atoms with E-state index in [1.54, 1.807) is 13.2 Å². The van der Waals surface area contributed by atoms with Crippen LogP contribution in [0.2, 0.25) is 0 Å². The van der Waals surface area contributed by atoms with E-state index < -0.39 is 5.82 Å². The van der Waals surface area contributed by atoms with Gasteiger partial charge in [-0.15, -0.1) is 11.6 Å². The molecular weight excluding hydrogens is 291 g/mol. The first-order valence-electron chi connectivity index (χ1n) is 6.33. The highest BCUT2D eigenvalue weighted by atomic mass is 35.5. The van der Waals surface area contributed by atoms with Crippen LogP contribution in [0.4, 0.5) is 4.39 Å². The van der Waals surface area contributed by atoms with Crippen LogP contribution in [0.1, 0.15) is 11.1 Å². The van der Waals surface area contributed by atoms with Crippen LogP contribution in [-0.2, 0) is 6.61 Å². The summed E-state index contributed by atoms with van der Waals surface area (Å²) in [6.45, 7) is 0.288. The Morgan fingerprint density at radius 3 is 2.76 bits per heavy atom. The summed E-state index contributed by atoms with van der Waals surface area (Å²) in [6, 6.07) is 11.9. The third-order valence-electron chi connectivity index (χ3n) is 2.76. The number of hydrogen-bond donors (Lipinski definition) is 0. The summed E-state index contributed by atoms with van der Waals surface area (Å²) >= 11 is 5.49. The van der Waals surface area contributed by atoms with Crippen molar-refractivity contribution in [2.75, 3.05) is 13.0 Å².